The first-order valence-corrected chi connectivity index (χ1v) is 9.32. The second-order valence-corrected chi connectivity index (χ2v) is 6.92. The Morgan fingerprint density at radius 2 is 1.73 bits per heavy atom. The van der Waals surface area contributed by atoms with Crippen molar-refractivity contribution >= 4 is 22.9 Å². The molecule has 5 nitrogen and oxygen atoms in total. The summed E-state index contributed by atoms with van der Waals surface area (Å²) in [4.78, 5) is 19.4. The molecule has 0 bridgehead atoms. The molecule has 1 N–H and O–H groups in total. The summed E-state index contributed by atoms with van der Waals surface area (Å²) in [5.41, 5.74) is 4.29. The summed E-state index contributed by atoms with van der Waals surface area (Å²) in [7, 11) is 0. The number of pyridine rings is 1. The third kappa shape index (κ3) is 3.43. The molecule has 26 heavy (non-hydrogen) atoms. The zero-order chi connectivity index (χ0) is 17.9. The van der Waals surface area contributed by atoms with Crippen LogP contribution in [0.25, 0.3) is 5.65 Å². The predicted molar refractivity (Wildman–Crippen MR) is 105 cm³/mol. The molecule has 1 aliphatic heterocycles. The van der Waals surface area contributed by atoms with E-state index in [1.165, 1.54) is 31.4 Å². The molecule has 4 rings (SSSR count). The molecule has 3 heterocycles. The number of nitrogens with one attached hydrogen (secondary N) is 1. The average Bonchev–Trinajstić information content (AvgIpc) is 2.92. The van der Waals surface area contributed by atoms with E-state index in [-0.39, 0.29) is 5.91 Å². The standard InChI is InChI=1S/C21H24N4O/c1-16-7-6-8-20-23-19(15-25(16)20)21(26)22-17-9-11-18(12-10-17)24-13-4-2-3-5-14-24/h6-12,15H,2-5,13-14H2,1H3,(H,22,26). The van der Waals surface area contributed by atoms with Gasteiger partial charge in [0.15, 0.2) is 0 Å². The molecule has 134 valence electrons. The second kappa shape index (κ2) is 7.20. The van der Waals surface area contributed by atoms with Gasteiger partial charge < -0.3 is 14.6 Å². The Balaban J connectivity index is 1.47. The molecule has 1 fully saturated rings. The van der Waals surface area contributed by atoms with Crippen molar-refractivity contribution in [3.63, 3.8) is 0 Å². The highest BCUT2D eigenvalue weighted by molar-refractivity contribution is 6.03. The summed E-state index contributed by atoms with van der Waals surface area (Å²) < 4.78 is 1.93. The lowest BCUT2D eigenvalue weighted by molar-refractivity contribution is 0.102. The molecule has 0 aliphatic carbocycles. The van der Waals surface area contributed by atoms with Gasteiger partial charge in [-0.1, -0.05) is 18.9 Å². The molecule has 1 aliphatic rings. The van der Waals surface area contributed by atoms with E-state index in [0.717, 1.165) is 30.1 Å². The fraction of sp³-hybridized carbons (Fsp3) is 0.333. The number of hydrogen-bond donors (Lipinski definition) is 1. The summed E-state index contributed by atoms with van der Waals surface area (Å²) in [6.45, 7) is 4.23. The van der Waals surface area contributed by atoms with Gasteiger partial charge in [0.1, 0.15) is 11.3 Å². The SMILES string of the molecule is Cc1cccc2nc(C(=O)Nc3ccc(N4CCCCCC4)cc3)cn12. The number of nitrogens with zero attached hydrogens (tertiary/aromatic N) is 3. The largest absolute Gasteiger partial charge is 0.372 e. The zero-order valence-corrected chi connectivity index (χ0v) is 15.1. The van der Waals surface area contributed by atoms with Gasteiger partial charge in [-0.3, -0.25) is 4.79 Å². The van der Waals surface area contributed by atoms with E-state index in [1.54, 1.807) is 6.20 Å². The van der Waals surface area contributed by atoms with Crippen LogP contribution in [0.2, 0.25) is 0 Å². The number of carbonyl (C=O) groups excluding carboxylic acids is 1. The van der Waals surface area contributed by atoms with Crippen molar-refractivity contribution in [3.8, 4) is 0 Å². The van der Waals surface area contributed by atoms with Crippen LogP contribution in [-0.4, -0.2) is 28.4 Å². The quantitative estimate of drug-likeness (QED) is 0.769. The maximum atomic E-state index is 12.5. The van der Waals surface area contributed by atoms with Crippen LogP contribution in [0.4, 0.5) is 11.4 Å². The van der Waals surface area contributed by atoms with E-state index in [2.05, 4.69) is 27.3 Å². The van der Waals surface area contributed by atoms with E-state index in [9.17, 15) is 4.79 Å². The van der Waals surface area contributed by atoms with Crippen LogP contribution in [0.15, 0.2) is 48.7 Å². The Morgan fingerprint density at radius 3 is 2.42 bits per heavy atom. The highest BCUT2D eigenvalue weighted by Gasteiger charge is 2.13. The lowest BCUT2D eigenvalue weighted by Crippen LogP contribution is -2.23. The Hall–Kier alpha value is -2.82. The number of aryl methyl sites for hydroxylation is 1. The minimum Gasteiger partial charge on any atom is -0.372 e. The fourth-order valence-corrected chi connectivity index (χ4v) is 3.54. The van der Waals surface area contributed by atoms with E-state index in [4.69, 9.17) is 0 Å². The van der Waals surface area contributed by atoms with Gasteiger partial charge in [0.2, 0.25) is 0 Å². The maximum Gasteiger partial charge on any atom is 0.275 e. The third-order valence-electron chi connectivity index (χ3n) is 5.02. The molecule has 2 aromatic heterocycles. The number of amides is 1. The molecule has 3 aromatic rings. The van der Waals surface area contributed by atoms with Gasteiger partial charge in [0.05, 0.1) is 0 Å². The Labute approximate surface area is 153 Å². The van der Waals surface area contributed by atoms with Gasteiger partial charge in [-0.15, -0.1) is 0 Å². The minimum atomic E-state index is -0.185. The molecule has 1 aromatic carbocycles. The first-order chi connectivity index (χ1) is 12.7. The highest BCUT2D eigenvalue weighted by Crippen LogP contribution is 2.22. The Kier molecular flexibility index (Phi) is 4.61. The van der Waals surface area contributed by atoms with E-state index in [0.29, 0.717) is 5.69 Å². The molecule has 0 saturated carbocycles. The average molecular weight is 348 g/mol. The second-order valence-electron chi connectivity index (χ2n) is 6.92. The van der Waals surface area contributed by atoms with Crippen LogP contribution in [-0.2, 0) is 0 Å². The summed E-state index contributed by atoms with van der Waals surface area (Å²) in [6.07, 6.45) is 6.94. The van der Waals surface area contributed by atoms with Crippen molar-refractivity contribution in [1.82, 2.24) is 9.38 Å². The first kappa shape index (κ1) is 16.6. The lowest BCUT2D eigenvalue weighted by Gasteiger charge is -2.22. The number of benzene rings is 1. The molecular formula is C21H24N4O. The molecule has 0 unspecified atom stereocenters. The van der Waals surface area contributed by atoms with Crippen LogP contribution in [0.1, 0.15) is 41.9 Å². The van der Waals surface area contributed by atoms with Crippen LogP contribution >= 0.6 is 0 Å². The van der Waals surface area contributed by atoms with Gasteiger partial charge in [-0.25, -0.2) is 4.98 Å². The summed E-state index contributed by atoms with van der Waals surface area (Å²) >= 11 is 0. The number of carbonyl (C=O) groups is 1. The van der Waals surface area contributed by atoms with Crippen molar-refractivity contribution in [2.45, 2.75) is 32.6 Å². The van der Waals surface area contributed by atoms with E-state index in [1.807, 2.05) is 41.7 Å². The first-order valence-electron chi connectivity index (χ1n) is 9.32. The molecule has 0 spiro atoms. The number of rotatable bonds is 3. The van der Waals surface area contributed by atoms with Crippen LogP contribution < -0.4 is 10.2 Å². The summed E-state index contributed by atoms with van der Waals surface area (Å²) in [6, 6.07) is 14.0. The zero-order valence-electron chi connectivity index (χ0n) is 15.1. The summed E-state index contributed by atoms with van der Waals surface area (Å²) in [5, 5.41) is 2.95. The molecule has 1 saturated heterocycles. The number of hydrogen-bond acceptors (Lipinski definition) is 3. The number of anilines is 2. The summed E-state index contributed by atoms with van der Waals surface area (Å²) in [5.74, 6) is -0.185. The van der Waals surface area contributed by atoms with Gasteiger partial charge in [-0.05, 0) is 56.2 Å². The van der Waals surface area contributed by atoms with Crippen LogP contribution in [0.5, 0.6) is 0 Å². The van der Waals surface area contributed by atoms with Gasteiger partial charge >= 0.3 is 0 Å². The van der Waals surface area contributed by atoms with E-state index >= 15 is 0 Å². The van der Waals surface area contributed by atoms with Gasteiger partial charge in [0.25, 0.3) is 5.91 Å². The molecule has 0 atom stereocenters. The highest BCUT2D eigenvalue weighted by atomic mass is 16.1. The topological polar surface area (TPSA) is 49.6 Å². The van der Waals surface area contributed by atoms with Crippen molar-refractivity contribution in [2.24, 2.45) is 0 Å². The van der Waals surface area contributed by atoms with E-state index < -0.39 is 0 Å². The number of aromatic nitrogens is 2. The molecule has 1 amide bonds. The monoisotopic (exact) mass is 348 g/mol. The fourth-order valence-electron chi connectivity index (χ4n) is 3.54. The molecular weight excluding hydrogens is 324 g/mol. The number of imidazole rings is 1. The minimum absolute atomic E-state index is 0.185. The smallest absolute Gasteiger partial charge is 0.275 e. The van der Waals surface area contributed by atoms with Crippen molar-refractivity contribution in [3.05, 3.63) is 60.0 Å². The van der Waals surface area contributed by atoms with Crippen molar-refractivity contribution < 1.29 is 4.79 Å². The maximum absolute atomic E-state index is 12.5. The molecule has 0 radical (unpaired) electrons. The van der Waals surface area contributed by atoms with Crippen LogP contribution in [0, 0.1) is 6.92 Å². The molecule has 5 heteroatoms. The van der Waals surface area contributed by atoms with Gasteiger partial charge in [0, 0.05) is 36.4 Å². The normalized spacial score (nSPS) is 15.0. The third-order valence-corrected chi connectivity index (χ3v) is 5.02. The van der Waals surface area contributed by atoms with Crippen LogP contribution in [0.3, 0.4) is 0 Å². The van der Waals surface area contributed by atoms with Crippen molar-refractivity contribution in [1.29, 1.82) is 0 Å². The Bertz CT molecular complexity index is 905. The van der Waals surface area contributed by atoms with Gasteiger partial charge in [-0.2, -0.15) is 0 Å². The lowest BCUT2D eigenvalue weighted by atomic mass is 10.2. The number of fused-ring (bicyclic) bond motifs is 1. The predicted octanol–water partition coefficient (Wildman–Crippen LogP) is 4.28. The van der Waals surface area contributed by atoms with Crippen molar-refractivity contribution in [2.75, 3.05) is 23.3 Å². The Morgan fingerprint density at radius 1 is 1.00 bits per heavy atom.